The Kier molecular flexibility index (Phi) is 2.70. The van der Waals surface area contributed by atoms with E-state index >= 15 is 0 Å². The summed E-state index contributed by atoms with van der Waals surface area (Å²) in [7, 11) is 0. The molecule has 1 unspecified atom stereocenters. The molecule has 2 rings (SSSR count). The van der Waals surface area contributed by atoms with Gasteiger partial charge in [0.25, 0.3) is 5.89 Å². The van der Waals surface area contributed by atoms with E-state index in [-0.39, 0.29) is 17.7 Å². The van der Waals surface area contributed by atoms with Crippen LogP contribution in [0.4, 0.5) is 4.39 Å². The summed E-state index contributed by atoms with van der Waals surface area (Å²) in [5.41, 5.74) is 6.74. The van der Waals surface area contributed by atoms with Crippen LogP contribution in [0.3, 0.4) is 0 Å². The van der Waals surface area contributed by atoms with Crippen LogP contribution in [0.5, 0.6) is 0 Å². The van der Waals surface area contributed by atoms with Gasteiger partial charge in [0.15, 0.2) is 5.82 Å². The minimum absolute atomic E-state index is 0.284. The molecule has 0 saturated heterocycles. The highest BCUT2D eigenvalue weighted by atomic mass is 19.1. The van der Waals surface area contributed by atoms with Gasteiger partial charge in [-0.15, -0.1) is 0 Å². The van der Waals surface area contributed by atoms with Gasteiger partial charge in [-0.25, -0.2) is 4.39 Å². The maximum atomic E-state index is 13.3. The van der Waals surface area contributed by atoms with Crippen molar-refractivity contribution in [2.24, 2.45) is 5.73 Å². The number of benzene rings is 1. The fourth-order valence-corrected chi connectivity index (χ4v) is 1.26. The lowest BCUT2D eigenvalue weighted by atomic mass is 10.1. The van der Waals surface area contributed by atoms with Crippen LogP contribution in [0.2, 0.25) is 0 Å². The highest BCUT2D eigenvalue weighted by Gasteiger charge is 2.12. The summed E-state index contributed by atoms with van der Waals surface area (Å²) >= 11 is 0. The average molecular weight is 221 g/mol. The number of hydrogen-bond acceptors (Lipinski definition) is 4. The van der Waals surface area contributed by atoms with Gasteiger partial charge in [-0.1, -0.05) is 11.2 Å². The maximum absolute atomic E-state index is 13.3. The van der Waals surface area contributed by atoms with Crippen LogP contribution in [0, 0.1) is 12.7 Å². The number of rotatable bonds is 2. The summed E-state index contributed by atoms with van der Waals surface area (Å²) in [6.45, 7) is 3.45. The first kappa shape index (κ1) is 10.8. The first-order chi connectivity index (χ1) is 7.58. The van der Waals surface area contributed by atoms with E-state index in [0.717, 1.165) is 0 Å². The molecule has 2 aromatic rings. The molecular formula is C11H12FN3O. The Hall–Kier alpha value is -1.75. The van der Waals surface area contributed by atoms with Crippen LogP contribution in [-0.2, 0) is 0 Å². The van der Waals surface area contributed by atoms with E-state index in [1.165, 1.54) is 6.07 Å². The van der Waals surface area contributed by atoms with Crippen molar-refractivity contribution >= 4 is 0 Å². The molecule has 0 fully saturated rings. The van der Waals surface area contributed by atoms with Gasteiger partial charge in [0.1, 0.15) is 5.82 Å². The van der Waals surface area contributed by atoms with Gasteiger partial charge in [0.2, 0.25) is 0 Å². The zero-order valence-electron chi connectivity index (χ0n) is 9.07. The van der Waals surface area contributed by atoms with E-state index < -0.39 is 0 Å². The van der Waals surface area contributed by atoms with E-state index in [2.05, 4.69) is 10.1 Å². The molecule has 0 aliphatic rings. The molecule has 5 heteroatoms. The first-order valence-electron chi connectivity index (χ1n) is 4.93. The second kappa shape index (κ2) is 4.02. The molecule has 0 bridgehead atoms. The molecule has 1 atom stereocenters. The van der Waals surface area contributed by atoms with Crippen molar-refractivity contribution in [3.8, 4) is 11.5 Å². The summed E-state index contributed by atoms with van der Waals surface area (Å²) in [4.78, 5) is 4.08. The van der Waals surface area contributed by atoms with Crippen molar-refractivity contribution in [2.75, 3.05) is 0 Å². The largest absolute Gasteiger partial charge is 0.334 e. The Morgan fingerprint density at radius 1 is 1.44 bits per heavy atom. The van der Waals surface area contributed by atoms with Gasteiger partial charge in [0, 0.05) is 5.56 Å². The third kappa shape index (κ3) is 1.94. The zero-order chi connectivity index (χ0) is 11.7. The number of halogens is 1. The molecule has 1 aromatic heterocycles. The van der Waals surface area contributed by atoms with Crippen molar-refractivity contribution in [1.82, 2.24) is 10.1 Å². The molecule has 0 radical (unpaired) electrons. The van der Waals surface area contributed by atoms with Crippen LogP contribution in [-0.4, -0.2) is 10.1 Å². The molecule has 16 heavy (non-hydrogen) atoms. The van der Waals surface area contributed by atoms with Gasteiger partial charge in [-0.3, -0.25) is 0 Å². The lowest BCUT2D eigenvalue weighted by Gasteiger charge is -1.97. The minimum Gasteiger partial charge on any atom is -0.334 e. The molecule has 84 valence electrons. The number of aryl methyl sites for hydroxylation is 1. The third-order valence-corrected chi connectivity index (χ3v) is 2.27. The molecule has 1 heterocycles. The normalized spacial score (nSPS) is 12.8. The average Bonchev–Trinajstić information content (AvgIpc) is 2.71. The Labute approximate surface area is 92.3 Å². The van der Waals surface area contributed by atoms with Gasteiger partial charge in [0.05, 0.1) is 6.04 Å². The van der Waals surface area contributed by atoms with Crippen molar-refractivity contribution in [2.45, 2.75) is 19.9 Å². The fraction of sp³-hybridized carbons (Fsp3) is 0.273. The number of nitrogens with two attached hydrogens (primary N) is 1. The maximum Gasteiger partial charge on any atom is 0.258 e. The molecule has 0 amide bonds. The standard InChI is InChI=1S/C11H12FN3O/c1-6-3-4-8(5-9(6)12)11-14-10(7(2)13)15-16-11/h3-5,7H,13H2,1-2H3. The molecule has 1 aromatic carbocycles. The predicted octanol–water partition coefficient (Wildman–Crippen LogP) is 2.20. The number of hydrogen-bond donors (Lipinski definition) is 1. The van der Waals surface area contributed by atoms with Gasteiger partial charge in [-0.05, 0) is 31.5 Å². The summed E-state index contributed by atoms with van der Waals surface area (Å²) in [5.74, 6) is 0.403. The van der Waals surface area contributed by atoms with Crippen LogP contribution in [0.25, 0.3) is 11.5 Å². The summed E-state index contributed by atoms with van der Waals surface area (Å²) in [6.07, 6.45) is 0. The lowest BCUT2D eigenvalue weighted by Crippen LogP contribution is -2.06. The van der Waals surface area contributed by atoms with Crippen molar-refractivity contribution in [3.63, 3.8) is 0 Å². The molecule has 0 spiro atoms. The van der Waals surface area contributed by atoms with Gasteiger partial charge >= 0.3 is 0 Å². The second-order valence-corrected chi connectivity index (χ2v) is 3.71. The van der Waals surface area contributed by atoms with Crippen LogP contribution in [0.15, 0.2) is 22.7 Å². The summed E-state index contributed by atoms with van der Waals surface area (Å²) in [6, 6.07) is 4.47. The van der Waals surface area contributed by atoms with Gasteiger partial charge in [-0.2, -0.15) is 4.98 Å². The monoisotopic (exact) mass is 221 g/mol. The topological polar surface area (TPSA) is 64.9 Å². The van der Waals surface area contributed by atoms with Crippen molar-refractivity contribution < 1.29 is 8.91 Å². The van der Waals surface area contributed by atoms with E-state index in [1.807, 2.05) is 0 Å². The predicted molar refractivity (Wildman–Crippen MR) is 57.0 cm³/mol. The Bertz CT molecular complexity index is 508. The van der Waals surface area contributed by atoms with E-state index in [9.17, 15) is 4.39 Å². The zero-order valence-corrected chi connectivity index (χ0v) is 9.07. The van der Waals surface area contributed by atoms with Crippen molar-refractivity contribution in [3.05, 3.63) is 35.4 Å². The first-order valence-corrected chi connectivity index (χ1v) is 4.93. The highest BCUT2D eigenvalue weighted by molar-refractivity contribution is 5.53. The lowest BCUT2D eigenvalue weighted by molar-refractivity contribution is 0.418. The summed E-state index contributed by atoms with van der Waals surface area (Å²) < 4.78 is 18.3. The van der Waals surface area contributed by atoms with Gasteiger partial charge < -0.3 is 10.3 Å². The third-order valence-electron chi connectivity index (χ3n) is 2.27. The fourth-order valence-electron chi connectivity index (χ4n) is 1.26. The molecule has 0 saturated carbocycles. The van der Waals surface area contributed by atoms with Crippen LogP contribution < -0.4 is 5.73 Å². The van der Waals surface area contributed by atoms with E-state index in [4.69, 9.17) is 10.3 Å². The van der Waals surface area contributed by atoms with Crippen LogP contribution in [0.1, 0.15) is 24.4 Å². The highest BCUT2D eigenvalue weighted by Crippen LogP contribution is 2.20. The smallest absolute Gasteiger partial charge is 0.258 e. The molecule has 0 aliphatic carbocycles. The quantitative estimate of drug-likeness (QED) is 0.844. The Balaban J connectivity index is 2.39. The minimum atomic E-state index is -0.298. The molecular weight excluding hydrogens is 209 g/mol. The van der Waals surface area contributed by atoms with E-state index in [1.54, 1.807) is 26.0 Å². The Morgan fingerprint density at radius 2 is 2.19 bits per heavy atom. The van der Waals surface area contributed by atoms with Crippen molar-refractivity contribution in [1.29, 1.82) is 0 Å². The molecule has 4 nitrogen and oxygen atoms in total. The van der Waals surface area contributed by atoms with Crippen LogP contribution >= 0.6 is 0 Å². The SMILES string of the molecule is Cc1ccc(-c2nc(C(C)N)no2)cc1F. The number of nitrogens with zero attached hydrogens (tertiary/aromatic N) is 2. The Morgan fingerprint density at radius 3 is 2.75 bits per heavy atom. The number of aromatic nitrogens is 2. The molecule has 0 aliphatic heterocycles. The van der Waals surface area contributed by atoms with E-state index in [0.29, 0.717) is 17.0 Å². The summed E-state index contributed by atoms with van der Waals surface area (Å²) in [5, 5.41) is 3.71. The molecule has 2 N–H and O–H groups in total. The second-order valence-electron chi connectivity index (χ2n) is 3.71.